The van der Waals surface area contributed by atoms with Crippen LogP contribution in [0, 0.1) is 23.2 Å². The quantitative estimate of drug-likeness (QED) is 0.573. The summed E-state index contributed by atoms with van der Waals surface area (Å²) < 4.78 is 5.86. The highest BCUT2D eigenvalue weighted by Crippen LogP contribution is 2.52. The third-order valence-corrected chi connectivity index (χ3v) is 5.80. The van der Waals surface area contributed by atoms with Crippen molar-refractivity contribution in [2.24, 2.45) is 11.8 Å². The van der Waals surface area contributed by atoms with Crippen LogP contribution >= 0.6 is 0 Å². The minimum absolute atomic E-state index is 0.0277. The van der Waals surface area contributed by atoms with E-state index in [1.807, 2.05) is 36.4 Å². The molecule has 26 heavy (non-hydrogen) atoms. The van der Waals surface area contributed by atoms with Gasteiger partial charge in [-0.25, -0.2) is 0 Å². The molecule has 1 aromatic carbocycles. The highest BCUT2D eigenvalue weighted by Gasteiger charge is 2.54. The van der Waals surface area contributed by atoms with E-state index < -0.39 is 5.60 Å². The monoisotopic (exact) mass is 353 g/mol. The first-order valence-electron chi connectivity index (χ1n) is 9.57. The molecule has 3 rings (SSSR count). The average Bonchev–Trinajstić information content (AvgIpc) is 3.11. The summed E-state index contributed by atoms with van der Waals surface area (Å²) in [7, 11) is 0. The first-order valence-corrected chi connectivity index (χ1v) is 9.57. The molecule has 2 fully saturated rings. The maximum Gasteiger partial charge on any atom is 0.159 e. The zero-order valence-corrected chi connectivity index (χ0v) is 15.1. The van der Waals surface area contributed by atoms with Crippen LogP contribution in [0.1, 0.15) is 44.1 Å². The number of rotatable bonds is 8. The number of allylic oxidation sites excluding steroid dienone is 1. The van der Waals surface area contributed by atoms with Crippen LogP contribution in [0.2, 0.25) is 0 Å². The molecule has 1 unspecified atom stereocenters. The van der Waals surface area contributed by atoms with Gasteiger partial charge in [-0.3, -0.25) is 4.79 Å². The Bertz CT molecular complexity index is 678. The Hall–Kier alpha value is -1.96. The third kappa shape index (κ3) is 4.41. The summed E-state index contributed by atoms with van der Waals surface area (Å²) >= 11 is 0. The Kier molecular flexibility index (Phi) is 6.24. The molecule has 0 aliphatic heterocycles. The van der Waals surface area contributed by atoms with Crippen LogP contribution < -0.4 is 0 Å². The van der Waals surface area contributed by atoms with Gasteiger partial charge in [0.1, 0.15) is 0 Å². The van der Waals surface area contributed by atoms with E-state index in [0.29, 0.717) is 25.9 Å². The van der Waals surface area contributed by atoms with E-state index >= 15 is 0 Å². The van der Waals surface area contributed by atoms with Gasteiger partial charge in [-0.05, 0) is 43.2 Å². The van der Waals surface area contributed by atoms with Crippen molar-refractivity contribution in [3.05, 3.63) is 48.0 Å². The number of aliphatic hydroxyl groups is 1. The number of unbranched alkanes of at least 4 members (excludes halogenated alkanes) is 1. The number of carbonyl (C=O) groups excluding carboxylic acids is 1. The standard InChI is InChI=1S/C22H27NO3/c23-12-4-5-13-26-21-15-19-9-8-18(22(19,25)16-21)10-11-20(24)14-17-6-2-1-3-7-17/h1-3,6-7,10-11,18-19,21,25H,4-5,8-9,13-16H2/t18-,19+,21?,22+/m0/s1. The third-order valence-electron chi connectivity index (χ3n) is 5.80. The van der Waals surface area contributed by atoms with Gasteiger partial charge in [0.15, 0.2) is 5.78 Å². The second-order valence-electron chi connectivity index (χ2n) is 7.55. The number of hydrogen-bond donors (Lipinski definition) is 1. The van der Waals surface area contributed by atoms with E-state index in [4.69, 9.17) is 10.00 Å². The van der Waals surface area contributed by atoms with Crippen LogP contribution in [0.4, 0.5) is 0 Å². The molecule has 1 N–H and O–H groups in total. The van der Waals surface area contributed by atoms with Crippen molar-refractivity contribution in [2.45, 2.75) is 56.7 Å². The summed E-state index contributed by atoms with van der Waals surface area (Å²) in [5, 5.41) is 19.8. The van der Waals surface area contributed by atoms with Crippen LogP contribution in [-0.2, 0) is 16.0 Å². The Morgan fingerprint density at radius 3 is 2.92 bits per heavy atom. The maximum atomic E-state index is 12.2. The number of nitriles is 1. The van der Waals surface area contributed by atoms with E-state index in [1.165, 1.54) is 0 Å². The van der Waals surface area contributed by atoms with E-state index in [9.17, 15) is 9.90 Å². The average molecular weight is 353 g/mol. The molecule has 2 aliphatic rings. The number of fused-ring (bicyclic) bond motifs is 1. The highest BCUT2D eigenvalue weighted by molar-refractivity contribution is 5.91. The number of hydrogen-bond acceptors (Lipinski definition) is 4. The molecular formula is C22H27NO3. The van der Waals surface area contributed by atoms with Gasteiger partial charge >= 0.3 is 0 Å². The molecule has 0 radical (unpaired) electrons. The van der Waals surface area contributed by atoms with E-state index in [-0.39, 0.29) is 23.7 Å². The lowest BCUT2D eigenvalue weighted by Crippen LogP contribution is -2.35. The Morgan fingerprint density at radius 2 is 2.15 bits per heavy atom. The fraction of sp³-hybridized carbons (Fsp3) is 0.545. The van der Waals surface area contributed by atoms with Gasteiger partial charge in [0.2, 0.25) is 0 Å². The molecule has 4 heteroatoms. The summed E-state index contributed by atoms with van der Waals surface area (Å²) in [6.07, 6.45) is 8.72. The van der Waals surface area contributed by atoms with Crippen molar-refractivity contribution in [2.75, 3.05) is 6.61 Å². The SMILES string of the molecule is N#CCCCOC1C[C@H]2CC[C@@H](C=CC(=O)Cc3ccccc3)[C@]2(O)C1. The van der Waals surface area contributed by atoms with E-state index in [2.05, 4.69) is 6.07 Å². The highest BCUT2D eigenvalue weighted by atomic mass is 16.5. The molecule has 0 bridgehead atoms. The Labute approximate surface area is 155 Å². The molecule has 4 atom stereocenters. The fourth-order valence-electron chi connectivity index (χ4n) is 4.46. The lowest BCUT2D eigenvalue weighted by atomic mass is 9.86. The smallest absolute Gasteiger partial charge is 0.159 e. The van der Waals surface area contributed by atoms with Crippen molar-refractivity contribution >= 4 is 5.78 Å². The van der Waals surface area contributed by atoms with Gasteiger partial charge in [-0.2, -0.15) is 5.26 Å². The van der Waals surface area contributed by atoms with Crippen molar-refractivity contribution in [3.63, 3.8) is 0 Å². The zero-order chi connectivity index (χ0) is 18.4. The lowest BCUT2D eigenvalue weighted by Gasteiger charge is -2.28. The van der Waals surface area contributed by atoms with Gasteiger partial charge in [-0.1, -0.05) is 36.4 Å². The van der Waals surface area contributed by atoms with Gasteiger partial charge in [0, 0.05) is 31.8 Å². The molecule has 0 saturated heterocycles. The van der Waals surface area contributed by atoms with Crippen molar-refractivity contribution in [1.82, 2.24) is 0 Å². The van der Waals surface area contributed by atoms with Crippen molar-refractivity contribution < 1.29 is 14.6 Å². The summed E-state index contributed by atoms with van der Waals surface area (Å²) in [6.45, 7) is 0.580. The first kappa shape index (κ1) is 18.8. The van der Waals surface area contributed by atoms with Crippen LogP contribution in [0.25, 0.3) is 0 Å². The van der Waals surface area contributed by atoms with Crippen LogP contribution in [-0.4, -0.2) is 29.2 Å². The predicted molar refractivity (Wildman–Crippen MR) is 99.3 cm³/mol. The largest absolute Gasteiger partial charge is 0.389 e. The molecule has 0 heterocycles. The van der Waals surface area contributed by atoms with Crippen LogP contribution in [0.5, 0.6) is 0 Å². The molecule has 138 valence electrons. The second kappa shape index (κ2) is 8.62. The Balaban J connectivity index is 1.53. The van der Waals surface area contributed by atoms with Crippen molar-refractivity contribution in [1.29, 1.82) is 5.26 Å². The van der Waals surface area contributed by atoms with Crippen LogP contribution in [0.3, 0.4) is 0 Å². The Morgan fingerprint density at radius 1 is 1.35 bits per heavy atom. The van der Waals surface area contributed by atoms with E-state index in [1.54, 1.807) is 6.08 Å². The maximum absolute atomic E-state index is 12.2. The van der Waals surface area contributed by atoms with Gasteiger partial charge in [0.25, 0.3) is 0 Å². The van der Waals surface area contributed by atoms with Crippen molar-refractivity contribution in [3.8, 4) is 6.07 Å². The summed E-state index contributed by atoms with van der Waals surface area (Å²) in [5.74, 6) is 0.354. The number of ether oxygens (including phenoxy) is 1. The number of carbonyl (C=O) groups is 1. The second-order valence-corrected chi connectivity index (χ2v) is 7.55. The topological polar surface area (TPSA) is 70.3 Å². The molecule has 2 saturated carbocycles. The summed E-state index contributed by atoms with van der Waals surface area (Å²) in [5.41, 5.74) is 0.264. The molecule has 0 spiro atoms. The number of benzene rings is 1. The van der Waals surface area contributed by atoms with Gasteiger partial charge < -0.3 is 9.84 Å². The predicted octanol–water partition coefficient (Wildman–Crippen LogP) is 3.59. The minimum Gasteiger partial charge on any atom is -0.389 e. The summed E-state index contributed by atoms with van der Waals surface area (Å²) in [6, 6.07) is 11.8. The van der Waals surface area contributed by atoms with Gasteiger partial charge in [-0.15, -0.1) is 0 Å². The molecule has 4 nitrogen and oxygen atoms in total. The van der Waals surface area contributed by atoms with E-state index in [0.717, 1.165) is 31.2 Å². The minimum atomic E-state index is -0.747. The first-order chi connectivity index (χ1) is 12.6. The number of ketones is 1. The molecular weight excluding hydrogens is 326 g/mol. The lowest BCUT2D eigenvalue weighted by molar-refractivity contribution is -0.114. The molecule has 1 aromatic rings. The number of nitrogens with zero attached hydrogens (tertiary/aromatic N) is 1. The molecule has 2 aliphatic carbocycles. The molecule has 0 amide bonds. The molecule has 0 aromatic heterocycles. The zero-order valence-electron chi connectivity index (χ0n) is 15.1. The normalized spacial score (nSPS) is 30.4. The summed E-state index contributed by atoms with van der Waals surface area (Å²) in [4.78, 5) is 12.2. The fourth-order valence-corrected chi connectivity index (χ4v) is 4.46. The van der Waals surface area contributed by atoms with Gasteiger partial charge in [0.05, 0.1) is 17.8 Å². The van der Waals surface area contributed by atoms with Crippen LogP contribution in [0.15, 0.2) is 42.5 Å².